The van der Waals surface area contributed by atoms with Crippen LogP contribution in [-0.4, -0.2) is 29.6 Å². The molecule has 30 heavy (non-hydrogen) atoms. The third kappa shape index (κ3) is 7.42. The highest BCUT2D eigenvalue weighted by molar-refractivity contribution is 5.96. The van der Waals surface area contributed by atoms with E-state index in [9.17, 15) is 18.8 Å². The summed E-state index contributed by atoms with van der Waals surface area (Å²) in [6.07, 6.45) is -1.53. The fraction of sp³-hybridized carbons (Fsp3) is 0.286. The highest BCUT2D eigenvalue weighted by Gasteiger charge is 2.17. The predicted octanol–water partition coefficient (Wildman–Crippen LogP) is 3.40. The van der Waals surface area contributed by atoms with Gasteiger partial charge in [-0.05, 0) is 76.2 Å². The molecule has 1 atom stereocenters. The van der Waals surface area contributed by atoms with Gasteiger partial charge in [-0.2, -0.15) is 0 Å². The van der Waals surface area contributed by atoms with Crippen molar-refractivity contribution in [2.75, 3.05) is 5.32 Å². The maximum atomic E-state index is 12.9. The molecule has 0 aromatic heterocycles. The summed E-state index contributed by atoms with van der Waals surface area (Å²) < 4.78 is 23.4. The smallest absolute Gasteiger partial charge is 0.412 e. The average molecular weight is 417 g/mol. The van der Waals surface area contributed by atoms with Crippen LogP contribution < -0.4 is 20.9 Å². The zero-order valence-electron chi connectivity index (χ0n) is 17.1. The summed E-state index contributed by atoms with van der Waals surface area (Å²) >= 11 is 0. The van der Waals surface area contributed by atoms with Gasteiger partial charge in [0.15, 0.2) is 6.10 Å². The molecule has 1 unspecified atom stereocenters. The Hall–Kier alpha value is -3.62. The Morgan fingerprint density at radius 1 is 0.933 bits per heavy atom. The molecule has 9 heteroatoms. The van der Waals surface area contributed by atoms with Crippen molar-refractivity contribution in [1.29, 1.82) is 0 Å². The van der Waals surface area contributed by atoms with Crippen molar-refractivity contribution >= 4 is 23.6 Å². The van der Waals surface area contributed by atoms with Crippen LogP contribution in [0.15, 0.2) is 48.5 Å². The van der Waals surface area contributed by atoms with Gasteiger partial charge in [0.05, 0.1) is 0 Å². The summed E-state index contributed by atoms with van der Waals surface area (Å²) in [4.78, 5) is 36.0. The number of rotatable bonds is 5. The lowest BCUT2D eigenvalue weighted by atomic mass is 10.2. The third-order valence-corrected chi connectivity index (χ3v) is 3.59. The number of hydrazine groups is 1. The standard InChI is InChI=1S/C21H24FN3O5/c1-13(29-17-11-7-15(22)8-12-17)18(26)24-25-19(27)14-5-9-16(10-6-14)23-20(28)30-21(2,3)4/h5-13H,1-4H3,(H,23,28)(H,24,26)(H,25,27). The Morgan fingerprint density at radius 3 is 2.10 bits per heavy atom. The summed E-state index contributed by atoms with van der Waals surface area (Å²) in [5, 5.41) is 2.55. The molecule has 0 spiro atoms. The number of carbonyl (C=O) groups excluding carboxylic acids is 3. The average Bonchev–Trinajstić information content (AvgIpc) is 2.66. The van der Waals surface area contributed by atoms with E-state index in [1.165, 1.54) is 55.5 Å². The summed E-state index contributed by atoms with van der Waals surface area (Å²) in [5.41, 5.74) is 4.62. The van der Waals surface area contributed by atoms with Crippen molar-refractivity contribution in [1.82, 2.24) is 10.9 Å². The molecule has 8 nitrogen and oxygen atoms in total. The van der Waals surface area contributed by atoms with Crippen LogP contribution in [0.2, 0.25) is 0 Å². The van der Waals surface area contributed by atoms with Gasteiger partial charge in [-0.25, -0.2) is 9.18 Å². The van der Waals surface area contributed by atoms with E-state index < -0.39 is 35.4 Å². The molecule has 0 saturated carbocycles. The maximum absolute atomic E-state index is 12.9. The number of benzene rings is 2. The molecule has 0 fully saturated rings. The van der Waals surface area contributed by atoms with E-state index in [2.05, 4.69) is 16.2 Å². The molecule has 0 aliphatic carbocycles. The van der Waals surface area contributed by atoms with Crippen molar-refractivity contribution in [3.63, 3.8) is 0 Å². The summed E-state index contributed by atoms with van der Waals surface area (Å²) in [7, 11) is 0. The monoisotopic (exact) mass is 417 g/mol. The molecule has 0 aliphatic heterocycles. The van der Waals surface area contributed by atoms with E-state index in [1.807, 2.05) is 0 Å². The van der Waals surface area contributed by atoms with Gasteiger partial charge in [0.2, 0.25) is 0 Å². The Kier molecular flexibility index (Phi) is 7.35. The highest BCUT2D eigenvalue weighted by atomic mass is 19.1. The van der Waals surface area contributed by atoms with Gasteiger partial charge in [0, 0.05) is 11.3 Å². The largest absolute Gasteiger partial charge is 0.481 e. The molecule has 0 saturated heterocycles. The number of carbonyl (C=O) groups is 3. The van der Waals surface area contributed by atoms with Crippen molar-refractivity contribution < 1.29 is 28.2 Å². The van der Waals surface area contributed by atoms with Crippen molar-refractivity contribution in [2.24, 2.45) is 0 Å². The van der Waals surface area contributed by atoms with Crippen LogP contribution in [0.1, 0.15) is 38.1 Å². The lowest BCUT2D eigenvalue weighted by Crippen LogP contribution is -2.47. The number of ether oxygens (including phenoxy) is 2. The van der Waals surface area contributed by atoms with E-state index in [4.69, 9.17) is 9.47 Å². The SMILES string of the molecule is CC(Oc1ccc(F)cc1)C(=O)NNC(=O)c1ccc(NC(=O)OC(C)(C)C)cc1. The molecule has 0 aliphatic rings. The van der Waals surface area contributed by atoms with E-state index in [0.29, 0.717) is 11.4 Å². The first-order valence-electron chi connectivity index (χ1n) is 9.16. The molecule has 160 valence electrons. The fourth-order valence-electron chi connectivity index (χ4n) is 2.19. The number of anilines is 1. The second-order valence-electron chi connectivity index (χ2n) is 7.36. The quantitative estimate of drug-likeness (QED) is 0.647. The molecule has 3 N–H and O–H groups in total. The third-order valence-electron chi connectivity index (χ3n) is 3.59. The maximum Gasteiger partial charge on any atom is 0.412 e. The van der Waals surface area contributed by atoms with Crippen LogP contribution >= 0.6 is 0 Å². The first kappa shape index (κ1) is 22.7. The van der Waals surface area contributed by atoms with Crippen LogP contribution in [-0.2, 0) is 9.53 Å². The molecule has 0 heterocycles. The van der Waals surface area contributed by atoms with Crippen molar-refractivity contribution in [3.8, 4) is 5.75 Å². The fourth-order valence-corrected chi connectivity index (χ4v) is 2.19. The van der Waals surface area contributed by atoms with Gasteiger partial charge in [0.25, 0.3) is 11.8 Å². The van der Waals surface area contributed by atoms with Crippen LogP contribution in [0.4, 0.5) is 14.9 Å². The van der Waals surface area contributed by atoms with Gasteiger partial charge in [-0.3, -0.25) is 25.8 Å². The minimum absolute atomic E-state index is 0.261. The molecular weight excluding hydrogens is 393 g/mol. The first-order chi connectivity index (χ1) is 14.0. The second kappa shape index (κ2) is 9.73. The number of nitrogens with one attached hydrogen (secondary N) is 3. The van der Waals surface area contributed by atoms with Crippen LogP contribution in [0.25, 0.3) is 0 Å². The van der Waals surface area contributed by atoms with E-state index in [1.54, 1.807) is 20.8 Å². The molecular formula is C21H24FN3O5. The van der Waals surface area contributed by atoms with Gasteiger partial charge < -0.3 is 9.47 Å². The summed E-state index contributed by atoms with van der Waals surface area (Å²) in [6, 6.07) is 11.2. The number of hydrogen-bond acceptors (Lipinski definition) is 5. The normalized spacial score (nSPS) is 11.8. The molecule has 2 aromatic rings. The van der Waals surface area contributed by atoms with Gasteiger partial charge in [0.1, 0.15) is 17.2 Å². The number of halogens is 1. The topological polar surface area (TPSA) is 106 Å². The minimum atomic E-state index is -0.920. The van der Waals surface area contributed by atoms with E-state index in [-0.39, 0.29) is 5.56 Å². The Labute approximate surface area is 173 Å². The molecule has 2 rings (SSSR count). The number of amides is 3. The molecule has 0 bridgehead atoms. The van der Waals surface area contributed by atoms with Crippen LogP contribution in [0, 0.1) is 5.82 Å². The zero-order valence-corrected chi connectivity index (χ0v) is 17.1. The Balaban J connectivity index is 1.83. The van der Waals surface area contributed by atoms with Gasteiger partial charge in [-0.1, -0.05) is 0 Å². The van der Waals surface area contributed by atoms with Crippen molar-refractivity contribution in [3.05, 3.63) is 59.9 Å². The Bertz CT molecular complexity index is 892. The number of hydrogen-bond donors (Lipinski definition) is 3. The van der Waals surface area contributed by atoms with Gasteiger partial charge in [-0.15, -0.1) is 0 Å². The van der Waals surface area contributed by atoms with Crippen LogP contribution in [0.5, 0.6) is 5.75 Å². The molecule has 0 radical (unpaired) electrons. The van der Waals surface area contributed by atoms with E-state index >= 15 is 0 Å². The lowest BCUT2D eigenvalue weighted by molar-refractivity contribution is -0.128. The lowest BCUT2D eigenvalue weighted by Gasteiger charge is -2.19. The predicted molar refractivity (Wildman–Crippen MR) is 108 cm³/mol. The van der Waals surface area contributed by atoms with Gasteiger partial charge >= 0.3 is 6.09 Å². The highest BCUT2D eigenvalue weighted by Crippen LogP contribution is 2.14. The molecule has 2 aromatic carbocycles. The molecule has 3 amide bonds. The van der Waals surface area contributed by atoms with Crippen molar-refractivity contribution in [2.45, 2.75) is 39.4 Å². The second-order valence-corrected chi connectivity index (χ2v) is 7.36. The summed E-state index contributed by atoms with van der Waals surface area (Å²) in [5.74, 6) is -1.24. The Morgan fingerprint density at radius 2 is 1.53 bits per heavy atom. The van der Waals surface area contributed by atoms with E-state index in [0.717, 1.165) is 0 Å². The van der Waals surface area contributed by atoms with Crippen LogP contribution in [0.3, 0.4) is 0 Å². The minimum Gasteiger partial charge on any atom is -0.481 e. The summed E-state index contributed by atoms with van der Waals surface area (Å²) in [6.45, 7) is 6.74. The first-order valence-corrected chi connectivity index (χ1v) is 9.16. The zero-order chi connectivity index (χ0) is 22.3.